The molecule has 0 atom stereocenters. The van der Waals surface area contributed by atoms with Crippen LogP contribution in [0.3, 0.4) is 0 Å². The molecule has 3 heterocycles. The molecule has 0 unspecified atom stereocenters. The molecule has 140 valence electrons. The second-order valence-electron chi connectivity index (χ2n) is 6.25. The molecule has 0 bridgehead atoms. The van der Waals surface area contributed by atoms with Gasteiger partial charge in [-0.2, -0.15) is 14.6 Å². The van der Waals surface area contributed by atoms with Gasteiger partial charge in [-0.05, 0) is 19.1 Å². The van der Waals surface area contributed by atoms with Crippen LogP contribution in [-0.4, -0.2) is 37.0 Å². The zero-order valence-electron chi connectivity index (χ0n) is 15.3. The maximum Gasteiger partial charge on any atom is 0.254 e. The third-order valence-corrected chi connectivity index (χ3v) is 4.14. The van der Waals surface area contributed by atoms with Crippen molar-refractivity contribution in [3.63, 3.8) is 0 Å². The first-order valence-corrected chi connectivity index (χ1v) is 8.92. The molecule has 4 aromatic rings. The van der Waals surface area contributed by atoms with Gasteiger partial charge in [0, 0.05) is 30.3 Å². The first-order chi connectivity index (χ1) is 13.7. The van der Waals surface area contributed by atoms with E-state index in [0.717, 1.165) is 22.8 Å². The van der Waals surface area contributed by atoms with Crippen LogP contribution in [0.4, 0.5) is 11.6 Å². The standard InChI is InChI=1S/C20H19N7O/c1-14-6-5-9-17(24-14)26-19(28)10-11-21-18-12-16(15-7-3-2-4-8-15)25-20-22-13-23-27(18)20/h2-9,12-13,21H,10-11H2,1H3,(H,24,26,28). The minimum absolute atomic E-state index is 0.113. The number of carbonyl (C=O) groups excluding carboxylic acids is 1. The van der Waals surface area contributed by atoms with Gasteiger partial charge in [0.25, 0.3) is 5.78 Å². The molecule has 0 fully saturated rings. The molecule has 0 radical (unpaired) electrons. The molecular formula is C20H19N7O. The molecule has 3 aromatic heterocycles. The summed E-state index contributed by atoms with van der Waals surface area (Å²) in [4.78, 5) is 25.2. The molecule has 0 saturated heterocycles. The van der Waals surface area contributed by atoms with Crippen molar-refractivity contribution >= 4 is 23.3 Å². The minimum Gasteiger partial charge on any atom is -0.369 e. The lowest BCUT2D eigenvalue weighted by molar-refractivity contribution is -0.116. The number of nitrogens with zero attached hydrogens (tertiary/aromatic N) is 5. The second kappa shape index (κ2) is 7.83. The van der Waals surface area contributed by atoms with Crippen molar-refractivity contribution in [3.05, 3.63) is 66.6 Å². The normalized spacial score (nSPS) is 10.8. The van der Waals surface area contributed by atoms with E-state index in [9.17, 15) is 4.79 Å². The van der Waals surface area contributed by atoms with E-state index in [4.69, 9.17) is 0 Å². The SMILES string of the molecule is Cc1cccc(NC(=O)CCNc2cc(-c3ccccc3)nc3ncnn23)n1. The molecular weight excluding hydrogens is 354 g/mol. The highest BCUT2D eigenvalue weighted by atomic mass is 16.1. The largest absolute Gasteiger partial charge is 0.369 e. The van der Waals surface area contributed by atoms with Crippen LogP contribution in [0.25, 0.3) is 17.0 Å². The van der Waals surface area contributed by atoms with Gasteiger partial charge in [-0.15, -0.1) is 0 Å². The Hall–Kier alpha value is -3.81. The fourth-order valence-electron chi connectivity index (χ4n) is 2.82. The monoisotopic (exact) mass is 373 g/mol. The predicted molar refractivity (Wildman–Crippen MR) is 107 cm³/mol. The molecule has 1 amide bonds. The van der Waals surface area contributed by atoms with Gasteiger partial charge in [-0.25, -0.2) is 9.97 Å². The Balaban J connectivity index is 1.46. The molecule has 0 saturated carbocycles. The molecule has 8 heteroatoms. The van der Waals surface area contributed by atoms with Gasteiger partial charge in [0.2, 0.25) is 5.91 Å². The van der Waals surface area contributed by atoms with Crippen LogP contribution < -0.4 is 10.6 Å². The Bertz CT molecular complexity index is 1110. The smallest absolute Gasteiger partial charge is 0.254 e. The summed E-state index contributed by atoms with van der Waals surface area (Å²) in [6, 6.07) is 17.3. The van der Waals surface area contributed by atoms with Gasteiger partial charge < -0.3 is 10.6 Å². The highest BCUT2D eigenvalue weighted by Gasteiger charge is 2.10. The summed E-state index contributed by atoms with van der Waals surface area (Å²) in [5, 5.41) is 10.3. The van der Waals surface area contributed by atoms with Crippen molar-refractivity contribution in [1.29, 1.82) is 0 Å². The quantitative estimate of drug-likeness (QED) is 0.539. The summed E-state index contributed by atoms with van der Waals surface area (Å²) in [6.45, 7) is 2.32. The van der Waals surface area contributed by atoms with Crippen LogP contribution in [0.5, 0.6) is 0 Å². The molecule has 28 heavy (non-hydrogen) atoms. The molecule has 0 aliphatic heterocycles. The van der Waals surface area contributed by atoms with Gasteiger partial charge in [0.1, 0.15) is 18.0 Å². The number of aryl methyl sites for hydroxylation is 1. The lowest BCUT2D eigenvalue weighted by atomic mass is 10.1. The Morgan fingerprint density at radius 3 is 2.75 bits per heavy atom. The Morgan fingerprint density at radius 1 is 1.07 bits per heavy atom. The maximum absolute atomic E-state index is 12.2. The fraction of sp³-hybridized carbons (Fsp3) is 0.150. The molecule has 2 N–H and O–H groups in total. The number of fused-ring (bicyclic) bond motifs is 1. The van der Waals surface area contributed by atoms with Crippen molar-refractivity contribution in [2.45, 2.75) is 13.3 Å². The maximum atomic E-state index is 12.2. The van der Waals surface area contributed by atoms with Gasteiger partial charge in [0.05, 0.1) is 5.69 Å². The summed E-state index contributed by atoms with van der Waals surface area (Å²) in [5.74, 6) is 1.66. The van der Waals surface area contributed by atoms with E-state index < -0.39 is 0 Å². The lowest BCUT2D eigenvalue weighted by Crippen LogP contribution is -2.18. The van der Waals surface area contributed by atoms with E-state index in [2.05, 4.69) is 30.7 Å². The summed E-state index contributed by atoms with van der Waals surface area (Å²) < 4.78 is 1.62. The number of hydrogen-bond donors (Lipinski definition) is 2. The van der Waals surface area contributed by atoms with E-state index in [0.29, 0.717) is 18.1 Å². The van der Waals surface area contributed by atoms with Crippen LogP contribution in [0, 0.1) is 6.92 Å². The Labute approximate surface area is 161 Å². The molecule has 0 aliphatic rings. The van der Waals surface area contributed by atoms with Crippen molar-refractivity contribution in [1.82, 2.24) is 24.6 Å². The molecule has 0 spiro atoms. The van der Waals surface area contributed by atoms with Gasteiger partial charge in [0.15, 0.2) is 0 Å². The zero-order chi connectivity index (χ0) is 19.3. The zero-order valence-corrected chi connectivity index (χ0v) is 15.3. The van der Waals surface area contributed by atoms with E-state index >= 15 is 0 Å². The third kappa shape index (κ3) is 3.96. The van der Waals surface area contributed by atoms with Crippen molar-refractivity contribution < 1.29 is 4.79 Å². The third-order valence-electron chi connectivity index (χ3n) is 4.14. The number of anilines is 2. The van der Waals surface area contributed by atoms with Crippen molar-refractivity contribution in [2.75, 3.05) is 17.2 Å². The van der Waals surface area contributed by atoms with Gasteiger partial charge >= 0.3 is 0 Å². The summed E-state index contributed by atoms with van der Waals surface area (Å²) >= 11 is 0. The summed E-state index contributed by atoms with van der Waals surface area (Å²) in [7, 11) is 0. The van der Waals surface area contributed by atoms with Crippen LogP contribution >= 0.6 is 0 Å². The molecule has 1 aromatic carbocycles. The molecule has 4 rings (SSSR count). The lowest BCUT2D eigenvalue weighted by Gasteiger charge is -2.10. The van der Waals surface area contributed by atoms with Crippen LogP contribution in [0.1, 0.15) is 12.1 Å². The fourth-order valence-corrected chi connectivity index (χ4v) is 2.82. The number of benzene rings is 1. The number of nitrogens with one attached hydrogen (secondary N) is 2. The van der Waals surface area contributed by atoms with Crippen molar-refractivity contribution in [3.8, 4) is 11.3 Å². The van der Waals surface area contributed by atoms with Gasteiger partial charge in [-0.3, -0.25) is 4.79 Å². The van der Waals surface area contributed by atoms with Crippen LogP contribution in [-0.2, 0) is 4.79 Å². The van der Waals surface area contributed by atoms with E-state index in [1.165, 1.54) is 6.33 Å². The number of hydrogen-bond acceptors (Lipinski definition) is 6. The average molecular weight is 373 g/mol. The first-order valence-electron chi connectivity index (χ1n) is 8.92. The number of pyridine rings is 1. The summed E-state index contributed by atoms with van der Waals surface area (Å²) in [5.41, 5.74) is 2.63. The number of carbonyl (C=O) groups is 1. The highest BCUT2D eigenvalue weighted by molar-refractivity contribution is 5.90. The van der Waals surface area contributed by atoms with E-state index in [-0.39, 0.29) is 12.3 Å². The van der Waals surface area contributed by atoms with Crippen LogP contribution in [0.15, 0.2) is 60.9 Å². The average Bonchev–Trinajstić information content (AvgIpc) is 3.17. The number of aromatic nitrogens is 5. The van der Waals surface area contributed by atoms with Crippen molar-refractivity contribution in [2.24, 2.45) is 0 Å². The second-order valence-corrected chi connectivity index (χ2v) is 6.25. The topological polar surface area (TPSA) is 97.1 Å². The molecule has 0 aliphatic carbocycles. The Morgan fingerprint density at radius 2 is 1.93 bits per heavy atom. The van der Waals surface area contributed by atoms with Crippen LogP contribution in [0.2, 0.25) is 0 Å². The van der Waals surface area contributed by atoms with E-state index in [1.807, 2.05) is 55.5 Å². The number of rotatable bonds is 6. The highest BCUT2D eigenvalue weighted by Crippen LogP contribution is 2.21. The Kier molecular flexibility index (Phi) is 4.92. The van der Waals surface area contributed by atoms with Gasteiger partial charge in [-0.1, -0.05) is 36.4 Å². The van der Waals surface area contributed by atoms with E-state index in [1.54, 1.807) is 10.6 Å². The summed E-state index contributed by atoms with van der Waals surface area (Å²) in [6.07, 6.45) is 1.74. The predicted octanol–water partition coefficient (Wildman–Crippen LogP) is 2.94. The minimum atomic E-state index is -0.113. The molecule has 8 nitrogen and oxygen atoms in total. The first kappa shape index (κ1) is 17.6. The number of amides is 1.